The van der Waals surface area contributed by atoms with Gasteiger partial charge in [-0.2, -0.15) is 0 Å². The van der Waals surface area contributed by atoms with Gasteiger partial charge in [0.25, 0.3) is 10.0 Å². The van der Waals surface area contributed by atoms with Crippen LogP contribution in [-0.2, 0) is 26.2 Å². The lowest BCUT2D eigenvalue weighted by molar-refractivity contribution is -0.140. The number of carbonyl (C=O) groups excluding carboxylic acids is 2. The molecule has 3 aromatic carbocycles. The highest BCUT2D eigenvalue weighted by Gasteiger charge is 2.34. The van der Waals surface area contributed by atoms with Crippen LogP contribution in [0.1, 0.15) is 33.3 Å². The molecular weight excluding hydrogens is 529 g/mol. The summed E-state index contributed by atoms with van der Waals surface area (Å²) in [5.41, 5.74) is 0.140. The van der Waals surface area contributed by atoms with Crippen molar-refractivity contribution in [2.45, 2.75) is 50.7 Å². The van der Waals surface area contributed by atoms with Crippen LogP contribution in [0, 0.1) is 5.82 Å². The van der Waals surface area contributed by atoms with Crippen LogP contribution in [0.2, 0.25) is 5.02 Å². The fourth-order valence-corrected chi connectivity index (χ4v) is 5.47. The molecule has 0 aliphatic rings. The summed E-state index contributed by atoms with van der Waals surface area (Å²) in [5.74, 6) is -1.49. The number of sulfonamides is 1. The van der Waals surface area contributed by atoms with Gasteiger partial charge < -0.3 is 10.2 Å². The van der Waals surface area contributed by atoms with Crippen LogP contribution in [-0.4, -0.2) is 43.3 Å². The van der Waals surface area contributed by atoms with Gasteiger partial charge in [-0.1, -0.05) is 54.1 Å². The lowest BCUT2D eigenvalue weighted by atomic mass is 10.1. The fraction of sp³-hybridized carbons (Fsp3) is 0.286. The molecule has 10 heteroatoms. The first-order chi connectivity index (χ1) is 17.8. The van der Waals surface area contributed by atoms with Gasteiger partial charge in [-0.15, -0.1) is 0 Å². The van der Waals surface area contributed by atoms with E-state index in [0.717, 1.165) is 4.31 Å². The first kappa shape index (κ1) is 29.1. The van der Waals surface area contributed by atoms with Gasteiger partial charge in [0.05, 0.1) is 15.6 Å². The maximum absolute atomic E-state index is 13.8. The molecule has 0 fully saturated rings. The van der Waals surface area contributed by atoms with Crippen LogP contribution in [0.15, 0.2) is 83.8 Å². The number of para-hydroxylation sites is 1. The Kier molecular flexibility index (Phi) is 9.17. The van der Waals surface area contributed by atoms with E-state index in [0.29, 0.717) is 5.56 Å². The van der Waals surface area contributed by atoms with E-state index in [1.165, 1.54) is 53.4 Å². The van der Waals surface area contributed by atoms with Gasteiger partial charge in [0.1, 0.15) is 18.4 Å². The quantitative estimate of drug-likeness (QED) is 0.399. The Morgan fingerprint density at radius 3 is 2.11 bits per heavy atom. The van der Waals surface area contributed by atoms with E-state index in [1.807, 2.05) is 20.8 Å². The van der Waals surface area contributed by atoms with Crippen LogP contribution in [0.4, 0.5) is 10.1 Å². The smallest absolute Gasteiger partial charge is 0.264 e. The molecule has 0 aromatic heterocycles. The average Bonchev–Trinajstić information content (AvgIpc) is 2.86. The zero-order valence-corrected chi connectivity index (χ0v) is 23.3. The average molecular weight is 560 g/mol. The summed E-state index contributed by atoms with van der Waals surface area (Å²) >= 11 is 6.38. The molecule has 0 aliphatic heterocycles. The molecular formula is C28H31ClFN3O4S. The first-order valence-electron chi connectivity index (χ1n) is 12.0. The van der Waals surface area contributed by atoms with Crippen LogP contribution >= 0.6 is 11.6 Å². The van der Waals surface area contributed by atoms with Crippen molar-refractivity contribution < 1.29 is 22.4 Å². The zero-order valence-electron chi connectivity index (χ0n) is 21.7. The number of hydrogen-bond donors (Lipinski definition) is 1. The largest absolute Gasteiger partial charge is 0.350 e. The molecule has 1 unspecified atom stereocenters. The summed E-state index contributed by atoms with van der Waals surface area (Å²) in [7, 11) is -4.21. The second-order valence-corrected chi connectivity index (χ2v) is 12.1. The van der Waals surface area contributed by atoms with Crippen molar-refractivity contribution >= 4 is 39.1 Å². The minimum absolute atomic E-state index is 0.0173. The standard InChI is InChI=1S/C28H31ClFN3O4S/c1-20(27(35)31-28(2,3)4)32(18-21-14-16-22(30)17-15-21)26(34)19-33(25-13-9-8-12-24(25)29)38(36,37)23-10-6-5-7-11-23/h5-17,20H,18-19H2,1-4H3,(H,31,35). The van der Waals surface area contributed by atoms with Crippen LogP contribution in [0.5, 0.6) is 0 Å². The van der Waals surface area contributed by atoms with Gasteiger partial charge in [0.15, 0.2) is 0 Å². The predicted octanol–water partition coefficient (Wildman–Crippen LogP) is 5.01. The number of nitrogens with zero attached hydrogens (tertiary/aromatic N) is 2. The minimum Gasteiger partial charge on any atom is -0.350 e. The van der Waals surface area contributed by atoms with Gasteiger partial charge in [-0.3, -0.25) is 13.9 Å². The van der Waals surface area contributed by atoms with E-state index in [2.05, 4.69) is 5.32 Å². The molecule has 202 valence electrons. The van der Waals surface area contributed by atoms with Crippen molar-refractivity contribution in [3.05, 3.63) is 95.3 Å². The number of hydrogen-bond acceptors (Lipinski definition) is 4. The van der Waals surface area contributed by atoms with Crippen molar-refractivity contribution in [2.75, 3.05) is 10.8 Å². The summed E-state index contributed by atoms with van der Waals surface area (Å²) in [6.45, 7) is 6.35. The molecule has 7 nitrogen and oxygen atoms in total. The molecule has 0 aliphatic carbocycles. The zero-order chi connectivity index (χ0) is 28.1. The Morgan fingerprint density at radius 2 is 1.53 bits per heavy atom. The lowest BCUT2D eigenvalue weighted by Crippen LogP contribution is -2.54. The Hall–Kier alpha value is -3.43. The minimum atomic E-state index is -4.21. The van der Waals surface area contributed by atoms with Crippen molar-refractivity contribution in [1.82, 2.24) is 10.2 Å². The normalized spacial score (nSPS) is 12.5. The molecule has 0 heterocycles. The van der Waals surface area contributed by atoms with Gasteiger partial charge in [-0.25, -0.2) is 12.8 Å². The molecule has 0 radical (unpaired) electrons. The van der Waals surface area contributed by atoms with E-state index in [9.17, 15) is 22.4 Å². The Morgan fingerprint density at radius 1 is 0.947 bits per heavy atom. The van der Waals surface area contributed by atoms with E-state index >= 15 is 0 Å². The maximum Gasteiger partial charge on any atom is 0.264 e. The second kappa shape index (κ2) is 12.0. The van der Waals surface area contributed by atoms with Crippen molar-refractivity contribution in [1.29, 1.82) is 0 Å². The van der Waals surface area contributed by atoms with Gasteiger partial charge >= 0.3 is 0 Å². The number of nitrogens with one attached hydrogen (secondary N) is 1. The SMILES string of the molecule is CC(C(=O)NC(C)(C)C)N(Cc1ccc(F)cc1)C(=O)CN(c1ccccc1Cl)S(=O)(=O)c1ccccc1. The molecule has 38 heavy (non-hydrogen) atoms. The third-order valence-corrected chi connectivity index (χ3v) is 7.76. The van der Waals surface area contributed by atoms with E-state index in [-0.39, 0.29) is 22.2 Å². The number of benzene rings is 3. The highest BCUT2D eigenvalue weighted by molar-refractivity contribution is 7.92. The van der Waals surface area contributed by atoms with Crippen LogP contribution in [0.25, 0.3) is 0 Å². The molecule has 0 saturated carbocycles. The molecule has 3 rings (SSSR count). The third kappa shape index (κ3) is 7.33. The monoisotopic (exact) mass is 559 g/mol. The van der Waals surface area contributed by atoms with Crippen molar-refractivity contribution in [2.24, 2.45) is 0 Å². The fourth-order valence-electron chi connectivity index (χ4n) is 3.73. The Balaban J connectivity index is 2.03. The molecule has 0 saturated heterocycles. The van der Waals surface area contributed by atoms with Gasteiger partial charge in [-0.05, 0) is 69.7 Å². The molecule has 2 amide bonds. The summed E-state index contributed by atoms with van der Waals surface area (Å²) in [4.78, 5) is 28.1. The third-order valence-electron chi connectivity index (χ3n) is 5.66. The molecule has 1 N–H and O–H groups in total. The molecule has 0 bridgehead atoms. The lowest BCUT2D eigenvalue weighted by Gasteiger charge is -2.33. The van der Waals surface area contributed by atoms with Crippen LogP contribution in [0.3, 0.4) is 0 Å². The van der Waals surface area contributed by atoms with Crippen LogP contribution < -0.4 is 9.62 Å². The Bertz CT molecular complexity index is 1380. The van der Waals surface area contributed by atoms with E-state index in [4.69, 9.17) is 11.6 Å². The summed E-state index contributed by atoms with van der Waals surface area (Å²) < 4.78 is 41.9. The second-order valence-electron chi connectivity index (χ2n) is 9.84. The summed E-state index contributed by atoms with van der Waals surface area (Å²) in [6.07, 6.45) is 0. The van der Waals surface area contributed by atoms with Crippen molar-refractivity contribution in [3.63, 3.8) is 0 Å². The van der Waals surface area contributed by atoms with Gasteiger partial charge in [0.2, 0.25) is 11.8 Å². The predicted molar refractivity (Wildman–Crippen MR) is 147 cm³/mol. The summed E-state index contributed by atoms with van der Waals surface area (Å²) in [6, 6.07) is 18.6. The van der Waals surface area contributed by atoms with Crippen molar-refractivity contribution in [3.8, 4) is 0 Å². The summed E-state index contributed by atoms with van der Waals surface area (Å²) in [5, 5.41) is 3.00. The number of rotatable bonds is 9. The maximum atomic E-state index is 13.8. The highest BCUT2D eigenvalue weighted by atomic mass is 35.5. The number of amides is 2. The molecule has 1 atom stereocenters. The van der Waals surface area contributed by atoms with E-state index < -0.39 is 45.8 Å². The Labute approximate surface area is 228 Å². The molecule has 3 aromatic rings. The number of anilines is 1. The van der Waals surface area contributed by atoms with Gasteiger partial charge in [0, 0.05) is 12.1 Å². The topological polar surface area (TPSA) is 86.8 Å². The molecule has 0 spiro atoms. The van der Waals surface area contributed by atoms with E-state index in [1.54, 1.807) is 37.3 Å². The number of halogens is 2. The first-order valence-corrected chi connectivity index (χ1v) is 13.8. The number of carbonyl (C=O) groups is 2. The highest BCUT2D eigenvalue weighted by Crippen LogP contribution is 2.30.